The molecule has 102 valence electrons. The van der Waals surface area contributed by atoms with Crippen molar-refractivity contribution in [2.24, 2.45) is 0 Å². The summed E-state index contributed by atoms with van der Waals surface area (Å²) in [7, 11) is 0. The fourth-order valence-electron chi connectivity index (χ4n) is 2.18. The zero-order valence-corrected chi connectivity index (χ0v) is 11.6. The van der Waals surface area contributed by atoms with Crippen molar-refractivity contribution in [1.29, 1.82) is 0 Å². The fraction of sp³-hybridized carbons (Fsp3) is 0.429. The van der Waals surface area contributed by atoms with Crippen LogP contribution in [0.4, 0.5) is 4.39 Å². The lowest BCUT2D eigenvalue weighted by atomic mass is 10.1. The third-order valence-corrected chi connectivity index (χ3v) is 4.08. The maximum absolute atomic E-state index is 12.8. The highest BCUT2D eigenvalue weighted by molar-refractivity contribution is 8.14. The quantitative estimate of drug-likeness (QED) is 0.849. The zero-order chi connectivity index (χ0) is 13.8. The number of hydrogen-bond donors (Lipinski definition) is 0. The van der Waals surface area contributed by atoms with E-state index in [2.05, 4.69) is 0 Å². The average molecular weight is 281 g/mol. The molecule has 0 aliphatic carbocycles. The molecule has 1 heterocycles. The van der Waals surface area contributed by atoms with Crippen LogP contribution >= 0.6 is 11.8 Å². The number of rotatable bonds is 4. The number of nitrogens with zero attached hydrogens (tertiary/aromatic N) is 1. The summed E-state index contributed by atoms with van der Waals surface area (Å²) in [6, 6.07) is 6.32. The molecule has 1 aromatic carbocycles. The molecule has 0 saturated carbocycles. The molecule has 1 fully saturated rings. The van der Waals surface area contributed by atoms with E-state index in [0.29, 0.717) is 25.9 Å². The molecule has 1 saturated heterocycles. The predicted octanol–water partition coefficient (Wildman–Crippen LogP) is 2.25. The van der Waals surface area contributed by atoms with Gasteiger partial charge in [0.05, 0.1) is 0 Å². The number of carbonyl (C=O) groups is 2. The number of halogens is 1. The van der Waals surface area contributed by atoms with Gasteiger partial charge in [-0.2, -0.15) is 0 Å². The van der Waals surface area contributed by atoms with Crippen molar-refractivity contribution in [2.75, 3.05) is 13.1 Å². The minimum absolute atomic E-state index is 0.0539. The van der Waals surface area contributed by atoms with Crippen molar-refractivity contribution < 1.29 is 14.0 Å². The van der Waals surface area contributed by atoms with E-state index in [1.165, 1.54) is 30.8 Å². The molecule has 0 bridgehead atoms. The Morgan fingerprint density at radius 1 is 1.42 bits per heavy atom. The lowest BCUT2D eigenvalue weighted by Crippen LogP contribution is -2.27. The van der Waals surface area contributed by atoms with E-state index in [1.807, 2.05) is 0 Å². The highest BCUT2D eigenvalue weighted by atomic mass is 32.2. The molecule has 0 aromatic heterocycles. The molecule has 1 unspecified atom stereocenters. The summed E-state index contributed by atoms with van der Waals surface area (Å²) in [5, 5.41) is 0.136. The van der Waals surface area contributed by atoms with E-state index < -0.39 is 0 Å². The number of thioether (sulfide) groups is 1. The van der Waals surface area contributed by atoms with Crippen LogP contribution in [0.2, 0.25) is 0 Å². The van der Waals surface area contributed by atoms with E-state index in [4.69, 9.17) is 0 Å². The van der Waals surface area contributed by atoms with Crippen molar-refractivity contribution in [3.8, 4) is 0 Å². The van der Waals surface area contributed by atoms with Crippen LogP contribution in [0.3, 0.4) is 0 Å². The summed E-state index contributed by atoms with van der Waals surface area (Å²) in [5.41, 5.74) is 1.01. The predicted molar refractivity (Wildman–Crippen MR) is 73.4 cm³/mol. The minimum atomic E-state index is -0.251. The van der Waals surface area contributed by atoms with Crippen LogP contribution in [0.1, 0.15) is 18.9 Å². The van der Waals surface area contributed by atoms with Gasteiger partial charge in [-0.05, 0) is 24.1 Å². The van der Waals surface area contributed by atoms with E-state index >= 15 is 0 Å². The molecular weight excluding hydrogens is 265 g/mol. The second kappa shape index (κ2) is 6.19. The smallest absolute Gasteiger partial charge is 0.223 e. The topological polar surface area (TPSA) is 37.4 Å². The summed E-state index contributed by atoms with van der Waals surface area (Å²) in [6.07, 6.45) is 1.15. The highest BCUT2D eigenvalue weighted by Gasteiger charge is 2.30. The molecule has 1 aliphatic rings. The first-order valence-corrected chi connectivity index (χ1v) is 7.12. The third kappa shape index (κ3) is 4.06. The lowest BCUT2D eigenvalue weighted by Gasteiger charge is -2.16. The number of carbonyl (C=O) groups excluding carboxylic acids is 2. The summed E-state index contributed by atoms with van der Waals surface area (Å²) in [4.78, 5) is 24.6. The molecule has 1 aliphatic heterocycles. The van der Waals surface area contributed by atoms with E-state index in [0.717, 1.165) is 5.56 Å². The largest absolute Gasteiger partial charge is 0.341 e. The Kier molecular flexibility index (Phi) is 4.58. The Morgan fingerprint density at radius 2 is 2.11 bits per heavy atom. The molecule has 2 rings (SSSR count). The average Bonchev–Trinajstić information content (AvgIpc) is 2.68. The summed E-state index contributed by atoms with van der Waals surface area (Å²) >= 11 is 1.24. The molecular formula is C14H16FNO2S. The Morgan fingerprint density at radius 3 is 2.74 bits per heavy atom. The molecule has 0 N–H and O–H groups in total. The normalized spacial score (nSPS) is 18.9. The van der Waals surface area contributed by atoms with Gasteiger partial charge < -0.3 is 4.90 Å². The summed E-state index contributed by atoms with van der Waals surface area (Å²) in [6.45, 7) is 2.78. The SMILES string of the molecule is CC(=O)SC1CC(=O)N(CCc2ccc(F)cc2)C1. The van der Waals surface area contributed by atoms with E-state index in [1.54, 1.807) is 17.0 Å². The molecule has 5 heteroatoms. The van der Waals surface area contributed by atoms with Gasteiger partial charge in [-0.15, -0.1) is 0 Å². The maximum Gasteiger partial charge on any atom is 0.223 e. The maximum atomic E-state index is 12.8. The number of hydrogen-bond acceptors (Lipinski definition) is 3. The Balaban J connectivity index is 1.84. The van der Waals surface area contributed by atoms with Gasteiger partial charge in [-0.25, -0.2) is 4.39 Å². The van der Waals surface area contributed by atoms with Crippen LogP contribution < -0.4 is 0 Å². The second-order valence-corrected chi connectivity index (χ2v) is 6.13. The van der Waals surface area contributed by atoms with Gasteiger partial charge in [-0.1, -0.05) is 23.9 Å². The molecule has 0 spiro atoms. The van der Waals surface area contributed by atoms with Gasteiger partial charge >= 0.3 is 0 Å². The molecule has 1 amide bonds. The first-order valence-electron chi connectivity index (χ1n) is 6.24. The van der Waals surface area contributed by atoms with Crippen LogP contribution in [0.15, 0.2) is 24.3 Å². The first kappa shape index (κ1) is 14.1. The van der Waals surface area contributed by atoms with Crippen LogP contribution in [-0.4, -0.2) is 34.3 Å². The fourth-order valence-corrected chi connectivity index (χ4v) is 3.13. The number of benzene rings is 1. The van der Waals surface area contributed by atoms with Crippen LogP contribution in [0.5, 0.6) is 0 Å². The van der Waals surface area contributed by atoms with Gasteiger partial charge in [0.1, 0.15) is 5.82 Å². The Bertz CT molecular complexity index is 475. The molecule has 1 aromatic rings. The third-order valence-electron chi connectivity index (χ3n) is 3.10. The Labute approximate surface area is 116 Å². The monoisotopic (exact) mass is 281 g/mol. The standard InChI is InChI=1S/C14H16FNO2S/c1-10(17)19-13-8-14(18)16(9-13)7-6-11-2-4-12(15)5-3-11/h2-5,13H,6-9H2,1H3. The molecule has 3 nitrogen and oxygen atoms in total. The van der Waals surface area contributed by atoms with Crippen LogP contribution in [0, 0.1) is 5.82 Å². The molecule has 1 atom stereocenters. The lowest BCUT2D eigenvalue weighted by molar-refractivity contribution is -0.127. The molecule has 19 heavy (non-hydrogen) atoms. The van der Waals surface area contributed by atoms with Gasteiger partial charge in [0, 0.05) is 31.7 Å². The van der Waals surface area contributed by atoms with Crippen LogP contribution in [0.25, 0.3) is 0 Å². The van der Waals surface area contributed by atoms with Gasteiger partial charge in [0.25, 0.3) is 0 Å². The Hall–Kier alpha value is -1.36. The summed E-state index contributed by atoms with van der Waals surface area (Å²) < 4.78 is 12.8. The number of amides is 1. The van der Waals surface area contributed by atoms with Gasteiger partial charge in [-0.3, -0.25) is 9.59 Å². The van der Waals surface area contributed by atoms with Gasteiger partial charge in [0.15, 0.2) is 5.12 Å². The first-order chi connectivity index (χ1) is 9.04. The van der Waals surface area contributed by atoms with Crippen LogP contribution in [-0.2, 0) is 16.0 Å². The van der Waals surface area contributed by atoms with Crippen molar-refractivity contribution in [1.82, 2.24) is 4.90 Å². The number of likely N-dealkylation sites (tertiary alicyclic amines) is 1. The van der Waals surface area contributed by atoms with Gasteiger partial charge in [0.2, 0.25) is 5.91 Å². The van der Waals surface area contributed by atoms with E-state index in [-0.39, 0.29) is 22.1 Å². The molecule has 0 radical (unpaired) electrons. The second-order valence-electron chi connectivity index (χ2n) is 4.65. The zero-order valence-electron chi connectivity index (χ0n) is 10.8. The summed E-state index contributed by atoms with van der Waals surface area (Å²) in [5.74, 6) is -0.153. The van der Waals surface area contributed by atoms with Crippen molar-refractivity contribution in [2.45, 2.75) is 25.0 Å². The van der Waals surface area contributed by atoms with E-state index in [9.17, 15) is 14.0 Å². The minimum Gasteiger partial charge on any atom is -0.341 e. The van der Waals surface area contributed by atoms with Crippen molar-refractivity contribution >= 4 is 22.8 Å². The highest BCUT2D eigenvalue weighted by Crippen LogP contribution is 2.24. The van der Waals surface area contributed by atoms with Crippen molar-refractivity contribution in [3.05, 3.63) is 35.6 Å². The van der Waals surface area contributed by atoms with Crippen molar-refractivity contribution in [3.63, 3.8) is 0 Å².